The monoisotopic (exact) mass is 397 g/mol. The molecule has 2 N–H and O–H groups in total. The number of anilines is 2. The van der Waals surface area contributed by atoms with Crippen LogP contribution in [0.15, 0.2) is 48.5 Å². The third-order valence-electron chi connectivity index (χ3n) is 4.07. The van der Waals surface area contributed by atoms with E-state index < -0.39 is 23.8 Å². The number of urea groups is 1. The number of hydrogen-bond acceptors (Lipinski definition) is 2. The summed E-state index contributed by atoms with van der Waals surface area (Å²) in [5.74, 6) is -0.142. The van der Waals surface area contributed by atoms with Gasteiger partial charge in [0.25, 0.3) is 0 Å². The lowest BCUT2D eigenvalue weighted by Crippen LogP contribution is -2.39. The quantitative estimate of drug-likeness (QED) is 0.811. The van der Waals surface area contributed by atoms with E-state index in [9.17, 15) is 22.8 Å². The highest BCUT2D eigenvalue weighted by Gasteiger charge is 2.32. The molecule has 0 spiro atoms. The van der Waals surface area contributed by atoms with Gasteiger partial charge in [-0.2, -0.15) is 13.2 Å². The zero-order valence-electron chi connectivity index (χ0n) is 13.9. The number of carbonyl (C=O) groups excluding carboxylic acids is 2. The number of rotatable bonds is 3. The number of benzene rings is 2. The fourth-order valence-corrected chi connectivity index (χ4v) is 2.90. The molecule has 3 rings (SSSR count). The van der Waals surface area contributed by atoms with Crippen molar-refractivity contribution >= 4 is 34.9 Å². The lowest BCUT2D eigenvalue weighted by atomic mass is 10.2. The van der Waals surface area contributed by atoms with Gasteiger partial charge in [-0.25, -0.2) is 4.79 Å². The number of nitrogens with one attached hydrogen (secondary N) is 2. The van der Waals surface area contributed by atoms with Crippen LogP contribution in [-0.2, 0) is 11.0 Å². The van der Waals surface area contributed by atoms with Gasteiger partial charge in [-0.1, -0.05) is 11.6 Å². The Kier molecular flexibility index (Phi) is 5.27. The van der Waals surface area contributed by atoms with Gasteiger partial charge in [0.05, 0.1) is 11.6 Å². The van der Waals surface area contributed by atoms with Gasteiger partial charge in [0.15, 0.2) is 0 Å². The molecule has 1 heterocycles. The SMILES string of the molecule is O=C(Nc1ccc(C(F)(F)F)cc1)N[C@@H]1CC(=O)N(c2ccc(Cl)cc2)C1. The van der Waals surface area contributed by atoms with Crippen LogP contribution in [0, 0.1) is 0 Å². The first-order valence-corrected chi connectivity index (χ1v) is 8.41. The molecule has 0 radical (unpaired) electrons. The normalized spacial score (nSPS) is 17.1. The van der Waals surface area contributed by atoms with Crippen molar-refractivity contribution in [3.05, 3.63) is 59.1 Å². The molecular formula is C18H15ClF3N3O2. The van der Waals surface area contributed by atoms with Crippen LogP contribution >= 0.6 is 11.6 Å². The molecule has 2 aromatic carbocycles. The first kappa shape index (κ1) is 19.0. The Morgan fingerprint density at radius 2 is 1.70 bits per heavy atom. The summed E-state index contributed by atoms with van der Waals surface area (Å²) in [6.07, 6.45) is -4.31. The molecule has 0 aromatic heterocycles. The first-order valence-electron chi connectivity index (χ1n) is 8.03. The molecule has 0 saturated carbocycles. The number of alkyl halides is 3. The Bertz CT molecular complexity index is 838. The number of amides is 3. The highest BCUT2D eigenvalue weighted by molar-refractivity contribution is 6.30. The Hall–Kier alpha value is -2.74. The second-order valence-electron chi connectivity index (χ2n) is 6.06. The molecule has 0 unspecified atom stereocenters. The minimum atomic E-state index is -4.43. The van der Waals surface area contributed by atoms with Gasteiger partial charge in [0, 0.05) is 29.4 Å². The number of halogens is 4. The Balaban J connectivity index is 1.57. The summed E-state index contributed by atoms with van der Waals surface area (Å²) in [6.45, 7) is 0.293. The number of nitrogens with zero attached hydrogens (tertiary/aromatic N) is 1. The molecule has 1 fully saturated rings. The van der Waals surface area contributed by atoms with Crippen molar-refractivity contribution in [2.75, 3.05) is 16.8 Å². The van der Waals surface area contributed by atoms with Crippen LogP contribution in [0.25, 0.3) is 0 Å². The van der Waals surface area contributed by atoms with E-state index in [-0.39, 0.29) is 18.0 Å². The maximum absolute atomic E-state index is 12.5. The van der Waals surface area contributed by atoms with Crippen molar-refractivity contribution in [3.8, 4) is 0 Å². The lowest BCUT2D eigenvalue weighted by Gasteiger charge is -2.17. The van der Waals surface area contributed by atoms with E-state index in [1.807, 2.05) is 0 Å². The Labute approximate surface area is 158 Å². The van der Waals surface area contributed by atoms with Crippen LogP contribution in [0.2, 0.25) is 5.02 Å². The zero-order valence-corrected chi connectivity index (χ0v) is 14.6. The second-order valence-corrected chi connectivity index (χ2v) is 6.49. The molecule has 27 heavy (non-hydrogen) atoms. The zero-order chi connectivity index (χ0) is 19.6. The maximum atomic E-state index is 12.5. The van der Waals surface area contributed by atoms with Gasteiger partial charge >= 0.3 is 12.2 Å². The third kappa shape index (κ3) is 4.71. The summed E-state index contributed by atoms with van der Waals surface area (Å²) in [6, 6.07) is 9.87. The van der Waals surface area contributed by atoms with Gasteiger partial charge in [-0.15, -0.1) is 0 Å². The van der Waals surface area contributed by atoms with Crippen molar-refractivity contribution in [3.63, 3.8) is 0 Å². The van der Waals surface area contributed by atoms with Crippen LogP contribution in [0.4, 0.5) is 29.3 Å². The van der Waals surface area contributed by atoms with Gasteiger partial charge < -0.3 is 15.5 Å². The molecule has 1 aliphatic rings. The van der Waals surface area contributed by atoms with Crippen molar-refractivity contribution in [1.82, 2.24) is 5.32 Å². The molecule has 5 nitrogen and oxygen atoms in total. The highest BCUT2D eigenvalue weighted by atomic mass is 35.5. The van der Waals surface area contributed by atoms with Gasteiger partial charge in [-0.3, -0.25) is 4.79 Å². The first-order chi connectivity index (χ1) is 12.7. The minimum Gasteiger partial charge on any atom is -0.333 e. The summed E-state index contributed by atoms with van der Waals surface area (Å²) in [5, 5.41) is 5.66. The fraction of sp³-hybridized carbons (Fsp3) is 0.222. The van der Waals surface area contributed by atoms with Crippen LogP contribution in [0.1, 0.15) is 12.0 Å². The van der Waals surface area contributed by atoms with Gasteiger partial charge in [0.2, 0.25) is 5.91 Å². The molecule has 142 valence electrons. The van der Waals surface area contributed by atoms with E-state index in [4.69, 9.17) is 11.6 Å². The predicted molar refractivity (Wildman–Crippen MR) is 95.8 cm³/mol. The minimum absolute atomic E-state index is 0.128. The molecule has 2 aromatic rings. The van der Waals surface area contributed by atoms with E-state index in [0.29, 0.717) is 17.3 Å². The van der Waals surface area contributed by atoms with E-state index in [0.717, 1.165) is 12.1 Å². The number of hydrogen-bond donors (Lipinski definition) is 2. The average Bonchev–Trinajstić information content (AvgIpc) is 2.95. The van der Waals surface area contributed by atoms with E-state index in [1.165, 1.54) is 12.1 Å². The van der Waals surface area contributed by atoms with Gasteiger partial charge in [0.1, 0.15) is 0 Å². The topological polar surface area (TPSA) is 61.4 Å². The highest BCUT2D eigenvalue weighted by Crippen LogP contribution is 2.30. The maximum Gasteiger partial charge on any atom is 0.416 e. The Morgan fingerprint density at radius 1 is 1.07 bits per heavy atom. The predicted octanol–water partition coefficient (Wildman–Crippen LogP) is 4.29. The molecule has 3 amide bonds. The van der Waals surface area contributed by atoms with Gasteiger partial charge in [-0.05, 0) is 48.5 Å². The largest absolute Gasteiger partial charge is 0.416 e. The summed E-state index contributed by atoms with van der Waals surface area (Å²) in [4.78, 5) is 25.8. The van der Waals surface area contributed by atoms with Crippen molar-refractivity contribution in [1.29, 1.82) is 0 Å². The van der Waals surface area contributed by atoms with Crippen LogP contribution in [0.3, 0.4) is 0 Å². The van der Waals surface area contributed by atoms with E-state index in [1.54, 1.807) is 29.2 Å². The van der Waals surface area contributed by atoms with E-state index in [2.05, 4.69) is 10.6 Å². The lowest BCUT2D eigenvalue weighted by molar-refractivity contribution is -0.137. The summed E-state index contributed by atoms with van der Waals surface area (Å²) < 4.78 is 37.6. The molecule has 0 aliphatic carbocycles. The molecule has 1 saturated heterocycles. The third-order valence-corrected chi connectivity index (χ3v) is 4.32. The van der Waals surface area contributed by atoms with Crippen LogP contribution in [-0.4, -0.2) is 24.5 Å². The summed E-state index contributed by atoms with van der Waals surface area (Å²) >= 11 is 5.83. The fourth-order valence-electron chi connectivity index (χ4n) is 2.77. The van der Waals surface area contributed by atoms with Crippen molar-refractivity contribution in [2.45, 2.75) is 18.6 Å². The Morgan fingerprint density at radius 3 is 2.30 bits per heavy atom. The van der Waals surface area contributed by atoms with Crippen molar-refractivity contribution < 1.29 is 22.8 Å². The number of carbonyl (C=O) groups is 2. The molecule has 1 aliphatic heterocycles. The standard InChI is InChI=1S/C18H15ClF3N3O2/c19-12-3-7-15(8-4-12)25-10-14(9-16(25)26)24-17(27)23-13-5-1-11(2-6-13)18(20,21)22/h1-8,14H,9-10H2,(H2,23,24,27)/t14-/m1/s1. The average molecular weight is 398 g/mol. The molecular weight excluding hydrogens is 383 g/mol. The van der Waals surface area contributed by atoms with Crippen LogP contribution in [0.5, 0.6) is 0 Å². The van der Waals surface area contributed by atoms with Crippen molar-refractivity contribution in [2.24, 2.45) is 0 Å². The second kappa shape index (κ2) is 7.48. The molecule has 0 bridgehead atoms. The van der Waals surface area contributed by atoms with Crippen LogP contribution < -0.4 is 15.5 Å². The smallest absolute Gasteiger partial charge is 0.333 e. The molecule has 9 heteroatoms. The van der Waals surface area contributed by atoms with E-state index >= 15 is 0 Å². The summed E-state index contributed by atoms with van der Waals surface area (Å²) in [7, 11) is 0. The molecule has 1 atom stereocenters. The summed E-state index contributed by atoms with van der Waals surface area (Å²) in [5.41, 5.74) is 0.102.